The first kappa shape index (κ1) is 11.8. The van der Waals surface area contributed by atoms with Crippen molar-refractivity contribution in [3.63, 3.8) is 0 Å². The fourth-order valence-electron chi connectivity index (χ4n) is 1.61. The summed E-state index contributed by atoms with van der Waals surface area (Å²) < 4.78 is 17.5. The van der Waals surface area contributed by atoms with E-state index in [0.29, 0.717) is 5.56 Å². The molecule has 1 aromatic carbocycles. The van der Waals surface area contributed by atoms with Crippen LogP contribution in [0, 0.1) is 12.7 Å². The Morgan fingerprint density at radius 2 is 1.94 bits per heavy atom. The lowest BCUT2D eigenvalue weighted by atomic mass is 10.1. The van der Waals surface area contributed by atoms with Crippen molar-refractivity contribution in [2.75, 3.05) is 7.11 Å². The summed E-state index contributed by atoms with van der Waals surface area (Å²) in [6.45, 7) is 1.86. The van der Waals surface area contributed by atoms with Crippen molar-refractivity contribution in [3.8, 4) is 10.4 Å². The molecule has 0 saturated heterocycles. The molecule has 2 nitrogen and oxygen atoms in total. The number of ether oxygens (including phenoxy) is 1. The molecule has 4 heteroatoms. The minimum atomic E-state index is -0.341. The van der Waals surface area contributed by atoms with Crippen LogP contribution in [0.1, 0.15) is 15.9 Å². The molecule has 1 heterocycles. The summed E-state index contributed by atoms with van der Waals surface area (Å²) >= 11 is 1.46. The van der Waals surface area contributed by atoms with Crippen molar-refractivity contribution in [3.05, 3.63) is 46.6 Å². The van der Waals surface area contributed by atoms with Crippen LogP contribution in [0.4, 0.5) is 4.39 Å². The Balaban J connectivity index is 2.44. The average molecular weight is 250 g/mol. The maximum absolute atomic E-state index is 12.8. The van der Waals surface area contributed by atoms with Gasteiger partial charge in [0.2, 0.25) is 0 Å². The second-order valence-electron chi connectivity index (χ2n) is 3.60. The van der Waals surface area contributed by atoms with Crippen LogP contribution in [0.15, 0.2) is 29.6 Å². The number of halogens is 1. The minimum Gasteiger partial charge on any atom is -0.465 e. The zero-order valence-corrected chi connectivity index (χ0v) is 10.3. The van der Waals surface area contributed by atoms with Gasteiger partial charge in [0, 0.05) is 10.3 Å². The molecule has 88 valence electrons. The predicted molar refractivity (Wildman–Crippen MR) is 65.8 cm³/mol. The van der Waals surface area contributed by atoms with E-state index in [1.165, 1.54) is 30.6 Å². The standard InChI is InChI=1S/C13H11FO2S/c1-8-11(13(15)16-2)7-17-12(8)9-3-5-10(14)6-4-9/h3-7H,1-2H3. The number of carbonyl (C=O) groups is 1. The van der Waals surface area contributed by atoms with E-state index < -0.39 is 0 Å². The van der Waals surface area contributed by atoms with E-state index in [2.05, 4.69) is 0 Å². The first-order chi connectivity index (χ1) is 8.13. The molecular weight excluding hydrogens is 239 g/mol. The number of thiophene rings is 1. The van der Waals surface area contributed by atoms with E-state index in [1.54, 1.807) is 17.5 Å². The van der Waals surface area contributed by atoms with Gasteiger partial charge in [-0.3, -0.25) is 0 Å². The molecule has 0 aliphatic rings. The van der Waals surface area contributed by atoms with Gasteiger partial charge in [0.25, 0.3) is 0 Å². The molecule has 0 fully saturated rings. The third kappa shape index (κ3) is 2.22. The Labute approximate surface area is 103 Å². The molecule has 0 spiro atoms. The smallest absolute Gasteiger partial charge is 0.338 e. The van der Waals surface area contributed by atoms with Gasteiger partial charge in [-0.1, -0.05) is 12.1 Å². The Morgan fingerprint density at radius 1 is 1.29 bits per heavy atom. The quantitative estimate of drug-likeness (QED) is 0.760. The molecular formula is C13H11FO2S. The fraction of sp³-hybridized carbons (Fsp3) is 0.154. The van der Waals surface area contributed by atoms with Crippen LogP contribution in [0.25, 0.3) is 10.4 Å². The Hall–Kier alpha value is -1.68. The van der Waals surface area contributed by atoms with Crippen LogP contribution < -0.4 is 0 Å². The van der Waals surface area contributed by atoms with Crippen LogP contribution in [0.3, 0.4) is 0 Å². The monoisotopic (exact) mass is 250 g/mol. The largest absolute Gasteiger partial charge is 0.465 e. The molecule has 17 heavy (non-hydrogen) atoms. The Bertz CT molecular complexity index is 543. The van der Waals surface area contributed by atoms with E-state index in [4.69, 9.17) is 4.74 Å². The van der Waals surface area contributed by atoms with Gasteiger partial charge in [0.15, 0.2) is 0 Å². The summed E-state index contributed by atoms with van der Waals surface area (Å²) in [7, 11) is 1.36. The van der Waals surface area contributed by atoms with Gasteiger partial charge in [-0.25, -0.2) is 9.18 Å². The van der Waals surface area contributed by atoms with Gasteiger partial charge in [0.1, 0.15) is 5.82 Å². The van der Waals surface area contributed by atoms with E-state index in [0.717, 1.165) is 16.0 Å². The number of benzene rings is 1. The highest BCUT2D eigenvalue weighted by Crippen LogP contribution is 2.32. The highest BCUT2D eigenvalue weighted by Gasteiger charge is 2.15. The van der Waals surface area contributed by atoms with Crippen LogP contribution in [0.5, 0.6) is 0 Å². The van der Waals surface area contributed by atoms with E-state index in [1.807, 2.05) is 6.92 Å². The van der Waals surface area contributed by atoms with Crippen molar-refractivity contribution in [2.24, 2.45) is 0 Å². The number of esters is 1. The topological polar surface area (TPSA) is 26.3 Å². The number of rotatable bonds is 2. The SMILES string of the molecule is COC(=O)c1csc(-c2ccc(F)cc2)c1C. The van der Waals surface area contributed by atoms with Crippen molar-refractivity contribution < 1.29 is 13.9 Å². The molecule has 0 saturated carbocycles. The third-order valence-corrected chi connectivity index (χ3v) is 3.68. The average Bonchev–Trinajstić information content (AvgIpc) is 2.71. The van der Waals surface area contributed by atoms with E-state index in [9.17, 15) is 9.18 Å². The van der Waals surface area contributed by atoms with Crippen molar-refractivity contribution in [1.82, 2.24) is 0 Å². The molecule has 0 aliphatic carbocycles. The molecule has 2 rings (SSSR count). The van der Waals surface area contributed by atoms with E-state index in [-0.39, 0.29) is 11.8 Å². The lowest BCUT2D eigenvalue weighted by Crippen LogP contribution is -2.01. The van der Waals surface area contributed by atoms with Crippen LogP contribution in [-0.2, 0) is 4.74 Å². The molecule has 0 radical (unpaired) electrons. The minimum absolute atomic E-state index is 0.267. The first-order valence-electron chi connectivity index (χ1n) is 5.06. The van der Waals surface area contributed by atoms with Gasteiger partial charge in [-0.15, -0.1) is 11.3 Å². The lowest BCUT2D eigenvalue weighted by Gasteiger charge is -2.01. The van der Waals surface area contributed by atoms with Crippen LogP contribution in [-0.4, -0.2) is 13.1 Å². The van der Waals surface area contributed by atoms with Crippen LogP contribution in [0.2, 0.25) is 0 Å². The molecule has 0 atom stereocenters. The zero-order chi connectivity index (χ0) is 12.4. The van der Waals surface area contributed by atoms with Crippen molar-refractivity contribution in [1.29, 1.82) is 0 Å². The second kappa shape index (κ2) is 4.67. The number of hydrogen-bond donors (Lipinski definition) is 0. The Morgan fingerprint density at radius 3 is 2.53 bits per heavy atom. The maximum atomic E-state index is 12.8. The number of carbonyl (C=O) groups excluding carboxylic acids is 1. The van der Waals surface area contributed by atoms with Gasteiger partial charge >= 0.3 is 5.97 Å². The van der Waals surface area contributed by atoms with Crippen LogP contribution >= 0.6 is 11.3 Å². The number of hydrogen-bond acceptors (Lipinski definition) is 3. The van der Waals surface area contributed by atoms with Gasteiger partial charge in [0.05, 0.1) is 12.7 Å². The summed E-state index contributed by atoms with van der Waals surface area (Å²) in [4.78, 5) is 12.4. The first-order valence-corrected chi connectivity index (χ1v) is 5.94. The second-order valence-corrected chi connectivity index (χ2v) is 4.48. The summed E-state index contributed by atoms with van der Waals surface area (Å²) in [5.41, 5.74) is 2.34. The van der Waals surface area contributed by atoms with Gasteiger partial charge in [-0.05, 0) is 30.2 Å². The number of methoxy groups -OCH3 is 1. The van der Waals surface area contributed by atoms with Gasteiger partial charge in [-0.2, -0.15) is 0 Å². The lowest BCUT2D eigenvalue weighted by molar-refractivity contribution is 0.0600. The zero-order valence-electron chi connectivity index (χ0n) is 9.49. The third-order valence-electron chi connectivity index (χ3n) is 2.55. The molecule has 0 bridgehead atoms. The highest BCUT2D eigenvalue weighted by molar-refractivity contribution is 7.14. The van der Waals surface area contributed by atoms with Crippen molar-refractivity contribution >= 4 is 17.3 Å². The Kier molecular flexibility index (Phi) is 3.24. The van der Waals surface area contributed by atoms with Crippen molar-refractivity contribution in [2.45, 2.75) is 6.92 Å². The summed E-state index contributed by atoms with van der Waals surface area (Å²) in [6, 6.07) is 6.23. The summed E-state index contributed by atoms with van der Waals surface area (Å²) in [5.74, 6) is -0.608. The highest BCUT2D eigenvalue weighted by atomic mass is 32.1. The normalized spacial score (nSPS) is 10.3. The van der Waals surface area contributed by atoms with Gasteiger partial charge < -0.3 is 4.74 Å². The predicted octanol–water partition coefficient (Wildman–Crippen LogP) is 3.65. The fourth-order valence-corrected chi connectivity index (χ4v) is 2.68. The van der Waals surface area contributed by atoms with E-state index >= 15 is 0 Å². The summed E-state index contributed by atoms with van der Waals surface area (Å²) in [6.07, 6.45) is 0. The maximum Gasteiger partial charge on any atom is 0.338 e. The molecule has 0 unspecified atom stereocenters. The molecule has 0 N–H and O–H groups in total. The molecule has 1 aromatic heterocycles. The molecule has 0 aliphatic heterocycles. The molecule has 2 aromatic rings. The molecule has 0 amide bonds. The summed E-state index contributed by atoms with van der Waals surface area (Å²) in [5, 5.41) is 1.76.